The van der Waals surface area contributed by atoms with Crippen molar-refractivity contribution in [3.63, 3.8) is 0 Å². The first-order chi connectivity index (χ1) is 13.4. The number of hydrogen-bond donors (Lipinski definition) is 2. The molecule has 0 bridgehead atoms. The molecule has 0 aliphatic heterocycles. The number of benzene rings is 2. The van der Waals surface area contributed by atoms with Crippen LogP contribution < -0.4 is 15.2 Å². The predicted octanol–water partition coefficient (Wildman–Crippen LogP) is 4.16. The normalized spacial score (nSPS) is 10.4. The number of nitrogens with zero attached hydrogens (tertiary/aromatic N) is 1. The summed E-state index contributed by atoms with van der Waals surface area (Å²) in [5.41, 5.74) is 8.70. The molecule has 0 amide bonds. The minimum Gasteiger partial charge on any atom is -0.507 e. The number of ether oxygens (including phenoxy) is 2. The second-order valence-electron chi connectivity index (χ2n) is 6.61. The van der Waals surface area contributed by atoms with E-state index >= 15 is 0 Å². The summed E-state index contributed by atoms with van der Waals surface area (Å²) in [6, 6.07) is 8.77. The lowest BCUT2D eigenvalue weighted by Crippen LogP contribution is -2.08. The average molecular weight is 382 g/mol. The van der Waals surface area contributed by atoms with Gasteiger partial charge in [-0.1, -0.05) is 13.3 Å². The molecule has 3 N–H and O–H groups in total. The standard InChI is InChI=1S/C22H26N2O4/c1-4-6-18-20(8-7-17(15(3)25)22(18)26)27-9-5-10-28-21-12-19(24)14(2)11-16(21)13-23/h7-8,11-12,26H,4-6,9-10,24H2,1-3H3. The number of hydrogen-bond acceptors (Lipinski definition) is 6. The second-order valence-corrected chi connectivity index (χ2v) is 6.61. The summed E-state index contributed by atoms with van der Waals surface area (Å²) in [4.78, 5) is 11.6. The Morgan fingerprint density at radius 2 is 1.89 bits per heavy atom. The Bertz CT molecular complexity index is 900. The lowest BCUT2D eigenvalue weighted by Gasteiger charge is -2.15. The number of carbonyl (C=O) groups is 1. The number of nitrogen functional groups attached to an aromatic ring is 1. The van der Waals surface area contributed by atoms with E-state index in [-0.39, 0.29) is 11.5 Å². The zero-order chi connectivity index (χ0) is 20.7. The van der Waals surface area contributed by atoms with E-state index in [9.17, 15) is 15.2 Å². The Hall–Kier alpha value is -3.20. The maximum absolute atomic E-state index is 11.6. The number of carbonyl (C=O) groups excluding carboxylic acids is 1. The molecule has 0 spiro atoms. The van der Waals surface area contributed by atoms with Gasteiger partial charge in [0.2, 0.25) is 0 Å². The average Bonchev–Trinajstić information content (AvgIpc) is 2.66. The van der Waals surface area contributed by atoms with Crippen LogP contribution in [0.5, 0.6) is 17.2 Å². The number of phenols is 1. The van der Waals surface area contributed by atoms with E-state index in [2.05, 4.69) is 6.07 Å². The number of nitriles is 1. The Balaban J connectivity index is 1.97. The molecule has 6 nitrogen and oxygen atoms in total. The lowest BCUT2D eigenvalue weighted by molar-refractivity contribution is 0.101. The van der Waals surface area contributed by atoms with Crippen molar-refractivity contribution in [1.29, 1.82) is 5.26 Å². The van der Waals surface area contributed by atoms with Gasteiger partial charge >= 0.3 is 0 Å². The van der Waals surface area contributed by atoms with Crippen LogP contribution in [0.2, 0.25) is 0 Å². The zero-order valence-electron chi connectivity index (χ0n) is 16.5. The molecule has 0 fully saturated rings. The van der Waals surface area contributed by atoms with Gasteiger partial charge in [-0.15, -0.1) is 0 Å². The number of Topliss-reactive ketones (excluding diaryl/α,β-unsaturated/α-hetero) is 1. The Kier molecular flexibility index (Phi) is 7.28. The predicted molar refractivity (Wildman–Crippen MR) is 108 cm³/mol. The van der Waals surface area contributed by atoms with Gasteiger partial charge in [0.15, 0.2) is 5.78 Å². The largest absolute Gasteiger partial charge is 0.507 e. The van der Waals surface area contributed by atoms with Gasteiger partial charge in [0.05, 0.1) is 24.3 Å². The topological polar surface area (TPSA) is 106 Å². The SMILES string of the molecule is CCCc1c(OCCCOc2cc(N)c(C)cc2C#N)ccc(C(C)=O)c1O. The van der Waals surface area contributed by atoms with Crippen molar-refractivity contribution in [2.24, 2.45) is 0 Å². The lowest BCUT2D eigenvalue weighted by atomic mass is 10.0. The summed E-state index contributed by atoms with van der Waals surface area (Å²) in [5.74, 6) is 0.847. The molecule has 0 unspecified atom stereocenters. The number of nitrogens with two attached hydrogens (primary N) is 1. The first kappa shape index (κ1) is 21.1. The van der Waals surface area contributed by atoms with E-state index in [0.717, 1.165) is 12.0 Å². The molecular weight excluding hydrogens is 356 g/mol. The highest BCUT2D eigenvalue weighted by Crippen LogP contribution is 2.33. The molecular formula is C22H26N2O4. The number of anilines is 1. The van der Waals surface area contributed by atoms with Crippen LogP contribution in [0.15, 0.2) is 24.3 Å². The minimum absolute atomic E-state index is 0.00288. The fourth-order valence-corrected chi connectivity index (χ4v) is 2.86. The number of ketones is 1. The minimum atomic E-state index is -0.180. The van der Waals surface area contributed by atoms with Gasteiger partial charge in [0.1, 0.15) is 23.3 Å². The van der Waals surface area contributed by atoms with Crippen molar-refractivity contribution in [2.45, 2.75) is 40.0 Å². The Morgan fingerprint density at radius 3 is 2.50 bits per heavy atom. The molecule has 2 aromatic rings. The van der Waals surface area contributed by atoms with E-state index in [4.69, 9.17) is 15.2 Å². The van der Waals surface area contributed by atoms with Gasteiger partial charge in [-0.3, -0.25) is 4.79 Å². The maximum atomic E-state index is 11.6. The Morgan fingerprint density at radius 1 is 1.21 bits per heavy atom. The smallest absolute Gasteiger partial charge is 0.163 e. The monoisotopic (exact) mass is 382 g/mol. The number of rotatable bonds is 9. The summed E-state index contributed by atoms with van der Waals surface area (Å²) in [5, 5.41) is 19.6. The molecule has 0 aliphatic rings. The van der Waals surface area contributed by atoms with Gasteiger partial charge < -0.3 is 20.3 Å². The molecule has 0 radical (unpaired) electrons. The van der Waals surface area contributed by atoms with Crippen molar-refractivity contribution in [1.82, 2.24) is 0 Å². The van der Waals surface area contributed by atoms with Crippen molar-refractivity contribution < 1.29 is 19.4 Å². The number of phenolic OH excluding ortho intramolecular Hbond substituents is 1. The van der Waals surface area contributed by atoms with Gasteiger partial charge in [0, 0.05) is 23.7 Å². The van der Waals surface area contributed by atoms with Crippen LogP contribution in [0.25, 0.3) is 0 Å². The highest BCUT2D eigenvalue weighted by Gasteiger charge is 2.16. The fourth-order valence-electron chi connectivity index (χ4n) is 2.86. The molecule has 6 heteroatoms. The van der Waals surface area contributed by atoms with Gasteiger partial charge in [-0.05, 0) is 44.0 Å². The van der Waals surface area contributed by atoms with Gasteiger partial charge in [-0.25, -0.2) is 0 Å². The van der Waals surface area contributed by atoms with Gasteiger partial charge in [-0.2, -0.15) is 5.26 Å². The summed E-state index contributed by atoms with van der Waals surface area (Å²) in [6.45, 7) is 6.00. The van der Waals surface area contributed by atoms with Crippen LogP contribution in [-0.4, -0.2) is 24.1 Å². The first-order valence-corrected chi connectivity index (χ1v) is 9.30. The highest BCUT2D eigenvalue weighted by molar-refractivity contribution is 5.97. The van der Waals surface area contributed by atoms with Crippen LogP contribution in [0.4, 0.5) is 5.69 Å². The van der Waals surface area contributed by atoms with E-state index in [1.54, 1.807) is 24.3 Å². The third kappa shape index (κ3) is 4.95. The van der Waals surface area contributed by atoms with E-state index in [1.165, 1.54) is 6.92 Å². The summed E-state index contributed by atoms with van der Waals surface area (Å²) in [7, 11) is 0. The molecule has 0 aliphatic carbocycles. The molecule has 2 aromatic carbocycles. The van der Waals surface area contributed by atoms with Crippen molar-refractivity contribution in [2.75, 3.05) is 18.9 Å². The summed E-state index contributed by atoms with van der Waals surface area (Å²) in [6.07, 6.45) is 2.02. The highest BCUT2D eigenvalue weighted by atomic mass is 16.5. The van der Waals surface area contributed by atoms with E-state index < -0.39 is 0 Å². The van der Waals surface area contributed by atoms with E-state index in [0.29, 0.717) is 59.9 Å². The zero-order valence-corrected chi connectivity index (χ0v) is 16.5. The van der Waals surface area contributed by atoms with Crippen molar-refractivity contribution in [3.05, 3.63) is 46.5 Å². The molecule has 0 atom stereocenters. The number of aryl methyl sites for hydroxylation is 1. The van der Waals surface area contributed by atoms with Gasteiger partial charge in [0.25, 0.3) is 0 Å². The molecule has 148 valence electrons. The third-order valence-corrected chi connectivity index (χ3v) is 4.41. The maximum Gasteiger partial charge on any atom is 0.163 e. The van der Waals surface area contributed by atoms with E-state index in [1.807, 2.05) is 13.8 Å². The Labute approximate surface area is 165 Å². The molecule has 0 aromatic heterocycles. The molecule has 2 rings (SSSR count). The summed E-state index contributed by atoms with van der Waals surface area (Å²) >= 11 is 0. The fraction of sp³-hybridized carbons (Fsp3) is 0.364. The molecule has 0 heterocycles. The van der Waals surface area contributed by atoms with Crippen LogP contribution in [0.1, 0.15) is 53.7 Å². The second kappa shape index (κ2) is 9.65. The third-order valence-electron chi connectivity index (χ3n) is 4.41. The van der Waals surface area contributed by atoms with Crippen LogP contribution in [0, 0.1) is 18.3 Å². The summed E-state index contributed by atoms with van der Waals surface area (Å²) < 4.78 is 11.5. The van der Waals surface area contributed by atoms with Crippen molar-refractivity contribution >= 4 is 11.5 Å². The van der Waals surface area contributed by atoms with Crippen LogP contribution >= 0.6 is 0 Å². The van der Waals surface area contributed by atoms with Crippen LogP contribution in [-0.2, 0) is 6.42 Å². The first-order valence-electron chi connectivity index (χ1n) is 9.30. The van der Waals surface area contributed by atoms with Crippen LogP contribution in [0.3, 0.4) is 0 Å². The molecule has 0 saturated heterocycles. The quantitative estimate of drug-likeness (QED) is 0.383. The molecule has 0 saturated carbocycles. The number of aromatic hydroxyl groups is 1. The van der Waals surface area contributed by atoms with Crippen molar-refractivity contribution in [3.8, 4) is 23.3 Å². The molecule has 28 heavy (non-hydrogen) atoms.